The van der Waals surface area contributed by atoms with Crippen LogP contribution in [0.5, 0.6) is 0 Å². The highest BCUT2D eigenvalue weighted by molar-refractivity contribution is 9.10. The van der Waals surface area contributed by atoms with Gasteiger partial charge in [0.2, 0.25) is 0 Å². The summed E-state index contributed by atoms with van der Waals surface area (Å²) in [6, 6.07) is 1.69. The lowest BCUT2D eigenvalue weighted by atomic mass is 10.2. The fourth-order valence-corrected chi connectivity index (χ4v) is 1.61. The van der Waals surface area contributed by atoms with E-state index in [4.69, 9.17) is 5.73 Å². The molecule has 1 rings (SSSR count). The number of alkyl halides is 3. The predicted molar refractivity (Wildman–Crippen MR) is 64.7 cm³/mol. The molecule has 0 saturated heterocycles. The molecule has 0 amide bonds. The first-order valence-corrected chi connectivity index (χ1v) is 5.89. The van der Waals surface area contributed by atoms with Crippen LogP contribution in [0.4, 0.5) is 24.7 Å². The van der Waals surface area contributed by atoms with Crippen molar-refractivity contribution in [3.05, 3.63) is 16.7 Å². The van der Waals surface area contributed by atoms with Crippen LogP contribution in [0.1, 0.15) is 19.3 Å². The molecule has 0 radical (unpaired) electrons. The molecule has 0 bridgehead atoms. The Morgan fingerprint density at radius 3 is 2.65 bits per heavy atom. The number of nitrogen functional groups attached to an aromatic ring is 1. The molecule has 0 unspecified atom stereocenters. The van der Waals surface area contributed by atoms with Gasteiger partial charge in [0.15, 0.2) is 0 Å². The summed E-state index contributed by atoms with van der Waals surface area (Å²) >= 11 is 3.22. The molecule has 1 aromatic heterocycles. The van der Waals surface area contributed by atoms with Crippen molar-refractivity contribution in [1.29, 1.82) is 0 Å². The van der Waals surface area contributed by atoms with Gasteiger partial charge in [-0.2, -0.15) is 13.2 Å². The maximum atomic E-state index is 11.9. The molecule has 1 aromatic rings. The van der Waals surface area contributed by atoms with Crippen LogP contribution in [-0.2, 0) is 0 Å². The van der Waals surface area contributed by atoms with Gasteiger partial charge in [-0.05, 0) is 34.8 Å². The smallest absolute Gasteiger partial charge is 0.389 e. The molecule has 96 valence electrons. The van der Waals surface area contributed by atoms with Gasteiger partial charge in [0, 0.05) is 23.6 Å². The van der Waals surface area contributed by atoms with Gasteiger partial charge in [-0.25, -0.2) is 4.98 Å². The molecular formula is C10H13BrF3N3. The Hall–Kier alpha value is -0.980. The van der Waals surface area contributed by atoms with E-state index in [1.807, 2.05) is 0 Å². The van der Waals surface area contributed by atoms with Crippen LogP contribution < -0.4 is 11.1 Å². The summed E-state index contributed by atoms with van der Waals surface area (Å²) < 4.78 is 36.3. The Balaban J connectivity index is 2.27. The van der Waals surface area contributed by atoms with Crippen molar-refractivity contribution in [1.82, 2.24) is 4.98 Å². The average molecular weight is 312 g/mol. The molecule has 17 heavy (non-hydrogen) atoms. The van der Waals surface area contributed by atoms with Crippen molar-refractivity contribution in [2.24, 2.45) is 0 Å². The number of unbranched alkanes of at least 4 members (excludes halogenated alkanes) is 1. The van der Waals surface area contributed by atoms with Gasteiger partial charge < -0.3 is 11.1 Å². The minimum absolute atomic E-state index is 0.104. The highest BCUT2D eigenvalue weighted by Gasteiger charge is 2.25. The highest BCUT2D eigenvalue weighted by Crippen LogP contribution is 2.23. The third kappa shape index (κ3) is 5.76. The number of hydrogen-bond acceptors (Lipinski definition) is 3. The zero-order valence-corrected chi connectivity index (χ0v) is 10.6. The number of hydrogen-bond donors (Lipinski definition) is 2. The normalized spacial score (nSPS) is 11.5. The third-order valence-corrected chi connectivity index (χ3v) is 2.50. The minimum atomic E-state index is -4.07. The van der Waals surface area contributed by atoms with Crippen LogP contribution >= 0.6 is 15.9 Å². The van der Waals surface area contributed by atoms with Crippen molar-refractivity contribution in [2.45, 2.75) is 25.4 Å². The molecule has 0 aliphatic heterocycles. The summed E-state index contributed by atoms with van der Waals surface area (Å²) in [5, 5.41) is 2.90. The number of pyridine rings is 1. The van der Waals surface area contributed by atoms with E-state index in [1.54, 1.807) is 12.3 Å². The van der Waals surface area contributed by atoms with Crippen LogP contribution in [0.2, 0.25) is 0 Å². The van der Waals surface area contributed by atoms with Gasteiger partial charge in [-0.1, -0.05) is 0 Å². The van der Waals surface area contributed by atoms with Gasteiger partial charge in [-0.15, -0.1) is 0 Å². The van der Waals surface area contributed by atoms with Crippen molar-refractivity contribution in [3.8, 4) is 0 Å². The molecule has 0 atom stereocenters. The summed E-state index contributed by atoms with van der Waals surface area (Å²) in [4.78, 5) is 4.02. The van der Waals surface area contributed by atoms with Gasteiger partial charge in [-0.3, -0.25) is 0 Å². The Morgan fingerprint density at radius 2 is 2.06 bits per heavy atom. The largest absolute Gasteiger partial charge is 0.396 e. The summed E-state index contributed by atoms with van der Waals surface area (Å²) in [7, 11) is 0. The number of nitrogens with zero attached hydrogens (tertiary/aromatic N) is 1. The van der Waals surface area contributed by atoms with Crippen molar-refractivity contribution in [2.75, 3.05) is 17.6 Å². The molecule has 0 fully saturated rings. The van der Waals surface area contributed by atoms with E-state index in [-0.39, 0.29) is 6.42 Å². The first-order valence-electron chi connectivity index (χ1n) is 5.10. The number of aromatic nitrogens is 1. The Kier molecular flexibility index (Phi) is 5.04. The standard InChI is InChI=1S/C10H13BrF3N3/c11-7-5-8(15)9(17-6-7)16-4-2-1-3-10(12,13)14/h5-6H,1-4,15H2,(H,16,17). The van der Waals surface area contributed by atoms with E-state index in [1.165, 1.54) is 0 Å². The van der Waals surface area contributed by atoms with E-state index >= 15 is 0 Å². The van der Waals surface area contributed by atoms with Crippen LogP contribution in [-0.4, -0.2) is 17.7 Å². The predicted octanol–water partition coefficient (Wildman–Crippen LogP) is 3.57. The molecule has 1 heterocycles. The fraction of sp³-hybridized carbons (Fsp3) is 0.500. The molecule has 3 N–H and O–H groups in total. The van der Waals surface area contributed by atoms with Gasteiger partial charge in [0.05, 0.1) is 5.69 Å². The number of nitrogens with one attached hydrogen (secondary N) is 1. The lowest BCUT2D eigenvalue weighted by Gasteiger charge is -2.09. The molecule has 0 spiro atoms. The lowest BCUT2D eigenvalue weighted by molar-refractivity contribution is -0.135. The van der Waals surface area contributed by atoms with Crippen LogP contribution in [0.3, 0.4) is 0 Å². The number of halogens is 4. The zero-order valence-electron chi connectivity index (χ0n) is 9.02. The summed E-state index contributed by atoms with van der Waals surface area (Å²) in [6.07, 6.45) is -2.72. The highest BCUT2D eigenvalue weighted by atomic mass is 79.9. The number of nitrogens with two attached hydrogens (primary N) is 1. The van der Waals surface area contributed by atoms with E-state index in [0.29, 0.717) is 24.5 Å². The Labute approximate surface area is 106 Å². The summed E-state index contributed by atoms with van der Waals surface area (Å²) in [6.45, 7) is 0.426. The van der Waals surface area contributed by atoms with Crippen LogP contribution in [0.25, 0.3) is 0 Å². The quantitative estimate of drug-likeness (QED) is 0.817. The topological polar surface area (TPSA) is 50.9 Å². The molecule has 3 nitrogen and oxygen atoms in total. The fourth-order valence-electron chi connectivity index (χ4n) is 1.26. The second-order valence-electron chi connectivity index (χ2n) is 3.59. The van der Waals surface area contributed by atoms with Gasteiger partial charge in [0.25, 0.3) is 0 Å². The first kappa shape index (κ1) is 14.1. The summed E-state index contributed by atoms with van der Waals surface area (Å²) in [5.74, 6) is 0.500. The second kappa shape index (κ2) is 6.09. The Morgan fingerprint density at radius 1 is 1.35 bits per heavy atom. The lowest BCUT2D eigenvalue weighted by Crippen LogP contribution is -2.10. The monoisotopic (exact) mass is 311 g/mol. The van der Waals surface area contributed by atoms with E-state index in [0.717, 1.165) is 4.47 Å². The minimum Gasteiger partial charge on any atom is -0.396 e. The van der Waals surface area contributed by atoms with Crippen LogP contribution in [0, 0.1) is 0 Å². The molecule has 7 heteroatoms. The Bertz CT molecular complexity index is 368. The average Bonchev–Trinajstić information content (AvgIpc) is 2.18. The zero-order chi connectivity index (χ0) is 12.9. The van der Waals surface area contributed by atoms with Crippen molar-refractivity contribution < 1.29 is 13.2 Å². The van der Waals surface area contributed by atoms with Crippen molar-refractivity contribution in [3.63, 3.8) is 0 Å². The molecule has 0 saturated carbocycles. The van der Waals surface area contributed by atoms with Gasteiger partial charge >= 0.3 is 6.18 Å². The maximum Gasteiger partial charge on any atom is 0.389 e. The van der Waals surface area contributed by atoms with E-state index in [9.17, 15) is 13.2 Å². The van der Waals surface area contributed by atoms with E-state index < -0.39 is 12.6 Å². The maximum absolute atomic E-state index is 11.9. The van der Waals surface area contributed by atoms with Gasteiger partial charge in [0.1, 0.15) is 5.82 Å². The number of anilines is 2. The van der Waals surface area contributed by atoms with E-state index in [2.05, 4.69) is 26.2 Å². The summed E-state index contributed by atoms with van der Waals surface area (Å²) in [5.41, 5.74) is 6.14. The molecule has 0 aliphatic carbocycles. The van der Waals surface area contributed by atoms with Crippen LogP contribution in [0.15, 0.2) is 16.7 Å². The molecule has 0 aromatic carbocycles. The third-order valence-electron chi connectivity index (χ3n) is 2.06. The first-order chi connectivity index (χ1) is 7.88. The SMILES string of the molecule is Nc1cc(Br)cnc1NCCCCC(F)(F)F. The molecule has 0 aliphatic rings. The second-order valence-corrected chi connectivity index (χ2v) is 4.51. The van der Waals surface area contributed by atoms with Crippen molar-refractivity contribution >= 4 is 27.4 Å². The number of rotatable bonds is 5. The molecular weight excluding hydrogens is 299 g/mol.